The van der Waals surface area contributed by atoms with Crippen LogP contribution in [0.25, 0.3) is 0 Å². The zero-order valence-electron chi connectivity index (χ0n) is 6.43. The van der Waals surface area contributed by atoms with E-state index in [1.807, 2.05) is 0 Å². The Balaban J connectivity index is 2.00. The van der Waals surface area contributed by atoms with Crippen LogP contribution in [0.4, 0.5) is 0 Å². The lowest BCUT2D eigenvalue weighted by Crippen LogP contribution is -2.31. The highest BCUT2D eigenvalue weighted by Gasteiger charge is 2.41. The topological polar surface area (TPSA) is 75.6 Å². The second-order valence-electron chi connectivity index (χ2n) is 3.35. The SMILES string of the molecule is O=S(=O)(O)OC1CC2CCC1N2. The van der Waals surface area contributed by atoms with E-state index < -0.39 is 10.4 Å². The predicted octanol–water partition coefficient (Wildman–Crippen LogP) is -0.301. The monoisotopic (exact) mass is 193 g/mol. The molecular weight excluding hydrogens is 182 g/mol. The summed E-state index contributed by atoms with van der Waals surface area (Å²) in [6, 6.07) is 0.485. The molecule has 2 rings (SSSR count). The van der Waals surface area contributed by atoms with Gasteiger partial charge in [-0.15, -0.1) is 0 Å². The molecule has 2 saturated heterocycles. The molecule has 6 heteroatoms. The van der Waals surface area contributed by atoms with Crippen molar-refractivity contribution in [2.24, 2.45) is 0 Å². The first-order valence-corrected chi connectivity index (χ1v) is 5.33. The van der Waals surface area contributed by atoms with Gasteiger partial charge in [-0.2, -0.15) is 8.42 Å². The molecule has 0 saturated carbocycles. The van der Waals surface area contributed by atoms with E-state index >= 15 is 0 Å². The highest BCUT2D eigenvalue weighted by atomic mass is 32.3. The van der Waals surface area contributed by atoms with Crippen molar-refractivity contribution in [2.45, 2.75) is 37.5 Å². The van der Waals surface area contributed by atoms with Crippen LogP contribution in [-0.4, -0.2) is 31.2 Å². The van der Waals surface area contributed by atoms with Gasteiger partial charge < -0.3 is 5.32 Å². The van der Waals surface area contributed by atoms with E-state index in [0.717, 1.165) is 12.8 Å². The minimum absolute atomic E-state index is 0.108. The van der Waals surface area contributed by atoms with Crippen LogP contribution < -0.4 is 5.32 Å². The van der Waals surface area contributed by atoms with Crippen LogP contribution >= 0.6 is 0 Å². The van der Waals surface area contributed by atoms with E-state index in [9.17, 15) is 8.42 Å². The van der Waals surface area contributed by atoms with Crippen LogP contribution in [0.5, 0.6) is 0 Å². The third kappa shape index (κ3) is 1.61. The molecule has 0 aromatic rings. The first kappa shape index (κ1) is 8.43. The minimum Gasteiger partial charge on any atom is -0.308 e. The average molecular weight is 193 g/mol. The van der Waals surface area contributed by atoms with Crippen molar-refractivity contribution in [3.63, 3.8) is 0 Å². The lowest BCUT2D eigenvalue weighted by Gasteiger charge is -2.17. The Morgan fingerprint density at radius 3 is 2.58 bits per heavy atom. The normalized spacial score (nSPS) is 40.6. The van der Waals surface area contributed by atoms with E-state index in [4.69, 9.17) is 4.55 Å². The predicted molar refractivity (Wildman–Crippen MR) is 41.0 cm³/mol. The third-order valence-corrected chi connectivity index (χ3v) is 2.98. The molecular formula is C6H11NO4S. The summed E-state index contributed by atoms with van der Waals surface area (Å²) in [4.78, 5) is 0. The van der Waals surface area contributed by atoms with Crippen LogP contribution in [0, 0.1) is 0 Å². The Hall–Kier alpha value is -0.170. The lowest BCUT2D eigenvalue weighted by atomic mass is 9.98. The van der Waals surface area contributed by atoms with Gasteiger partial charge >= 0.3 is 10.4 Å². The standard InChI is InChI=1S/C6H11NO4S/c8-12(9,10)11-6-3-4-1-2-5(6)7-4/h4-7H,1-3H2,(H,8,9,10). The van der Waals surface area contributed by atoms with Gasteiger partial charge in [0.2, 0.25) is 0 Å². The Bertz CT molecular complexity index is 275. The van der Waals surface area contributed by atoms with Gasteiger partial charge in [0.1, 0.15) is 0 Å². The van der Waals surface area contributed by atoms with Gasteiger partial charge in [-0.1, -0.05) is 0 Å². The first-order chi connectivity index (χ1) is 5.54. The van der Waals surface area contributed by atoms with Crippen molar-refractivity contribution in [1.29, 1.82) is 0 Å². The van der Waals surface area contributed by atoms with Gasteiger partial charge in [0.25, 0.3) is 0 Å². The number of nitrogens with one attached hydrogen (secondary N) is 1. The van der Waals surface area contributed by atoms with Gasteiger partial charge in [0, 0.05) is 12.1 Å². The van der Waals surface area contributed by atoms with Crippen LogP contribution in [0.1, 0.15) is 19.3 Å². The maximum Gasteiger partial charge on any atom is 0.397 e. The third-order valence-electron chi connectivity index (χ3n) is 2.49. The quantitative estimate of drug-likeness (QED) is 0.589. The van der Waals surface area contributed by atoms with Crippen molar-refractivity contribution < 1.29 is 17.2 Å². The Morgan fingerprint density at radius 1 is 1.42 bits per heavy atom. The molecule has 0 aromatic carbocycles. The van der Waals surface area contributed by atoms with Crippen LogP contribution in [0.2, 0.25) is 0 Å². The molecule has 70 valence electrons. The van der Waals surface area contributed by atoms with Gasteiger partial charge in [-0.25, -0.2) is 4.18 Å². The number of rotatable bonds is 2. The molecule has 2 N–H and O–H groups in total. The van der Waals surface area contributed by atoms with Crippen LogP contribution in [-0.2, 0) is 14.6 Å². The van der Waals surface area contributed by atoms with Gasteiger partial charge in [0.15, 0.2) is 0 Å². The zero-order valence-corrected chi connectivity index (χ0v) is 7.25. The van der Waals surface area contributed by atoms with E-state index in [-0.39, 0.29) is 12.1 Å². The van der Waals surface area contributed by atoms with Gasteiger partial charge in [0.05, 0.1) is 6.10 Å². The second kappa shape index (κ2) is 2.66. The van der Waals surface area contributed by atoms with Crippen molar-refractivity contribution in [3.05, 3.63) is 0 Å². The maximum absolute atomic E-state index is 10.4. The van der Waals surface area contributed by atoms with Crippen LogP contribution in [0.3, 0.4) is 0 Å². The van der Waals surface area contributed by atoms with Crippen molar-refractivity contribution in [2.75, 3.05) is 0 Å². The largest absolute Gasteiger partial charge is 0.397 e. The van der Waals surface area contributed by atoms with Crippen LogP contribution in [0.15, 0.2) is 0 Å². The minimum atomic E-state index is -4.27. The molecule has 0 amide bonds. The summed E-state index contributed by atoms with van der Waals surface area (Å²) in [5.41, 5.74) is 0. The summed E-state index contributed by atoms with van der Waals surface area (Å²) >= 11 is 0. The van der Waals surface area contributed by atoms with E-state index in [0.29, 0.717) is 12.5 Å². The molecule has 0 aromatic heterocycles. The van der Waals surface area contributed by atoms with Crippen molar-refractivity contribution >= 4 is 10.4 Å². The molecule has 3 unspecified atom stereocenters. The van der Waals surface area contributed by atoms with Crippen molar-refractivity contribution in [1.82, 2.24) is 5.32 Å². The molecule has 0 aliphatic carbocycles. The fourth-order valence-electron chi connectivity index (χ4n) is 2.04. The summed E-state index contributed by atoms with van der Waals surface area (Å²) < 4.78 is 33.7. The molecule has 2 aliphatic heterocycles. The molecule has 2 heterocycles. The average Bonchev–Trinajstić information content (AvgIpc) is 2.42. The van der Waals surface area contributed by atoms with E-state index in [2.05, 4.69) is 9.50 Å². The molecule has 0 spiro atoms. The Labute approximate surface area is 71.1 Å². The molecule has 5 nitrogen and oxygen atoms in total. The molecule has 2 bridgehead atoms. The maximum atomic E-state index is 10.4. The highest BCUT2D eigenvalue weighted by molar-refractivity contribution is 7.80. The van der Waals surface area contributed by atoms with Gasteiger partial charge in [-0.3, -0.25) is 4.55 Å². The summed E-state index contributed by atoms with van der Waals surface area (Å²) in [7, 11) is -4.27. The molecule has 12 heavy (non-hydrogen) atoms. The van der Waals surface area contributed by atoms with E-state index in [1.165, 1.54) is 0 Å². The molecule has 2 fully saturated rings. The lowest BCUT2D eigenvalue weighted by molar-refractivity contribution is 0.156. The van der Waals surface area contributed by atoms with E-state index in [1.54, 1.807) is 0 Å². The Kier molecular flexibility index (Phi) is 1.87. The Morgan fingerprint density at radius 2 is 2.17 bits per heavy atom. The number of fused-ring (bicyclic) bond motifs is 2. The first-order valence-electron chi connectivity index (χ1n) is 3.96. The summed E-state index contributed by atoms with van der Waals surface area (Å²) in [6.07, 6.45) is 2.34. The highest BCUT2D eigenvalue weighted by Crippen LogP contribution is 2.30. The zero-order chi connectivity index (χ0) is 8.77. The molecule has 2 aliphatic rings. The molecule has 0 radical (unpaired) electrons. The number of hydrogen-bond donors (Lipinski definition) is 2. The summed E-state index contributed by atoms with van der Waals surface area (Å²) in [5.74, 6) is 0. The number of hydrogen-bond acceptors (Lipinski definition) is 4. The molecule has 3 atom stereocenters. The smallest absolute Gasteiger partial charge is 0.308 e. The summed E-state index contributed by atoms with van der Waals surface area (Å²) in [6.45, 7) is 0. The fourth-order valence-corrected chi connectivity index (χ4v) is 2.56. The summed E-state index contributed by atoms with van der Waals surface area (Å²) in [5, 5.41) is 3.20. The van der Waals surface area contributed by atoms with Gasteiger partial charge in [-0.05, 0) is 19.3 Å². The van der Waals surface area contributed by atoms with Crippen molar-refractivity contribution in [3.8, 4) is 0 Å². The second-order valence-corrected chi connectivity index (χ2v) is 4.39. The fraction of sp³-hybridized carbons (Fsp3) is 1.00.